The molecule has 1 fully saturated rings. The first-order chi connectivity index (χ1) is 9.03. The van der Waals surface area contributed by atoms with E-state index < -0.39 is 5.92 Å². The van der Waals surface area contributed by atoms with Gasteiger partial charge in [-0.1, -0.05) is 0 Å². The number of nitrogen functional groups attached to an aromatic ring is 1. The molecule has 1 saturated heterocycles. The summed E-state index contributed by atoms with van der Waals surface area (Å²) < 4.78 is 26.2. The van der Waals surface area contributed by atoms with Crippen molar-refractivity contribution in [1.82, 2.24) is 9.97 Å². The van der Waals surface area contributed by atoms with Gasteiger partial charge in [0.2, 0.25) is 5.95 Å². The van der Waals surface area contributed by atoms with Crippen molar-refractivity contribution < 1.29 is 8.78 Å². The molecule has 2 N–H and O–H groups in total. The van der Waals surface area contributed by atoms with Crippen LogP contribution in [0, 0.1) is 0 Å². The number of rotatable bonds is 1. The first-order valence-corrected chi connectivity index (χ1v) is 6.19. The first-order valence-electron chi connectivity index (χ1n) is 6.19. The van der Waals surface area contributed by atoms with Crippen molar-refractivity contribution >= 4 is 22.5 Å². The smallest absolute Gasteiger partial charge is 0.251 e. The van der Waals surface area contributed by atoms with Crippen molar-refractivity contribution in [1.29, 1.82) is 0 Å². The second kappa shape index (κ2) is 4.29. The normalized spacial score (nSPS) is 18.7. The van der Waals surface area contributed by atoms with Gasteiger partial charge >= 0.3 is 0 Å². The summed E-state index contributed by atoms with van der Waals surface area (Å²) in [6, 6.07) is 5.39. The van der Waals surface area contributed by atoms with Gasteiger partial charge in [-0.3, -0.25) is 0 Å². The number of halogens is 2. The Balaban J connectivity index is 1.89. The summed E-state index contributed by atoms with van der Waals surface area (Å²) in [6.45, 7) is 0.557. The van der Waals surface area contributed by atoms with Crippen LogP contribution in [0.3, 0.4) is 0 Å². The molecule has 0 unspecified atom stereocenters. The Morgan fingerprint density at radius 1 is 1.21 bits per heavy atom. The first kappa shape index (κ1) is 12.1. The van der Waals surface area contributed by atoms with Crippen LogP contribution in [0.5, 0.6) is 0 Å². The lowest BCUT2D eigenvalue weighted by molar-refractivity contribution is -0.0222. The number of fused-ring (bicyclic) bond motifs is 1. The third-order valence-electron chi connectivity index (χ3n) is 3.37. The molecule has 2 heterocycles. The Morgan fingerprint density at radius 3 is 2.68 bits per heavy atom. The zero-order valence-electron chi connectivity index (χ0n) is 10.3. The standard InChI is InChI=1S/C13H14F2N4/c14-13(15)3-5-19(6-4-13)12-17-8-9-1-2-10(16)7-11(9)18-12/h1-2,7-8H,3-6,16H2. The van der Waals surface area contributed by atoms with Gasteiger partial charge in [0.05, 0.1) is 5.52 Å². The molecule has 0 aliphatic carbocycles. The molecule has 0 spiro atoms. The van der Waals surface area contributed by atoms with Gasteiger partial charge in [-0.2, -0.15) is 0 Å². The Labute approximate surface area is 109 Å². The minimum Gasteiger partial charge on any atom is -0.399 e. The molecule has 6 heteroatoms. The van der Waals surface area contributed by atoms with Gasteiger partial charge in [0.25, 0.3) is 5.92 Å². The fourth-order valence-corrected chi connectivity index (χ4v) is 2.22. The Hall–Kier alpha value is -1.98. The molecule has 1 aromatic heterocycles. The lowest BCUT2D eigenvalue weighted by Crippen LogP contribution is -2.40. The fourth-order valence-electron chi connectivity index (χ4n) is 2.22. The molecular weight excluding hydrogens is 250 g/mol. The van der Waals surface area contributed by atoms with E-state index in [9.17, 15) is 8.78 Å². The van der Waals surface area contributed by atoms with E-state index in [0.717, 1.165) is 10.9 Å². The largest absolute Gasteiger partial charge is 0.399 e. The number of nitrogens with two attached hydrogens (primary N) is 1. The van der Waals surface area contributed by atoms with E-state index in [-0.39, 0.29) is 25.9 Å². The molecule has 19 heavy (non-hydrogen) atoms. The Bertz CT molecular complexity index is 605. The van der Waals surface area contributed by atoms with Crippen molar-refractivity contribution in [3.8, 4) is 0 Å². The number of nitrogens with zero attached hydrogens (tertiary/aromatic N) is 3. The lowest BCUT2D eigenvalue weighted by atomic mass is 10.1. The molecule has 4 nitrogen and oxygen atoms in total. The van der Waals surface area contributed by atoms with Crippen LogP contribution in [0.4, 0.5) is 20.4 Å². The Kier molecular flexibility index (Phi) is 2.73. The molecule has 100 valence electrons. The van der Waals surface area contributed by atoms with Gasteiger partial charge in [0.1, 0.15) is 0 Å². The van der Waals surface area contributed by atoms with Crippen LogP contribution in [-0.2, 0) is 0 Å². The second-order valence-corrected chi connectivity index (χ2v) is 4.83. The third kappa shape index (κ3) is 2.43. The Morgan fingerprint density at radius 2 is 1.95 bits per heavy atom. The van der Waals surface area contributed by atoms with E-state index in [4.69, 9.17) is 5.73 Å². The molecule has 0 saturated carbocycles. The average Bonchev–Trinajstić information content (AvgIpc) is 2.38. The van der Waals surface area contributed by atoms with E-state index in [1.54, 1.807) is 23.2 Å². The molecule has 1 aliphatic heterocycles. The molecular formula is C13H14F2N4. The number of alkyl halides is 2. The monoisotopic (exact) mass is 264 g/mol. The molecule has 3 rings (SSSR count). The number of aromatic nitrogens is 2. The topological polar surface area (TPSA) is 55.0 Å². The van der Waals surface area contributed by atoms with Gasteiger partial charge in [-0.25, -0.2) is 18.7 Å². The van der Waals surface area contributed by atoms with Gasteiger partial charge < -0.3 is 10.6 Å². The van der Waals surface area contributed by atoms with Crippen LogP contribution < -0.4 is 10.6 Å². The minimum atomic E-state index is -2.56. The van der Waals surface area contributed by atoms with Crippen LogP contribution >= 0.6 is 0 Å². The average molecular weight is 264 g/mol. The molecule has 0 amide bonds. The molecule has 1 aliphatic rings. The number of piperidine rings is 1. The molecule has 0 atom stereocenters. The molecule has 0 radical (unpaired) electrons. The summed E-state index contributed by atoms with van der Waals surface area (Å²) >= 11 is 0. The predicted octanol–water partition coefficient (Wildman–Crippen LogP) is 2.45. The predicted molar refractivity (Wildman–Crippen MR) is 70.3 cm³/mol. The summed E-state index contributed by atoms with van der Waals surface area (Å²) in [4.78, 5) is 10.4. The maximum Gasteiger partial charge on any atom is 0.251 e. The highest BCUT2D eigenvalue weighted by molar-refractivity contribution is 5.81. The number of hydrogen-bond donors (Lipinski definition) is 1. The zero-order chi connectivity index (χ0) is 13.5. The van der Waals surface area contributed by atoms with Gasteiger partial charge in [0, 0.05) is 43.2 Å². The number of benzene rings is 1. The summed E-state index contributed by atoms with van der Waals surface area (Å²) in [7, 11) is 0. The van der Waals surface area contributed by atoms with Crippen molar-refractivity contribution in [2.75, 3.05) is 23.7 Å². The van der Waals surface area contributed by atoms with Crippen LogP contribution in [0.1, 0.15) is 12.8 Å². The molecule has 0 bridgehead atoms. The van der Waals surface area contributed by atoms with Crippen LogP contribution in [0.15, 0.2) is 24.4 Å². The van der Waals surface area contributed by atoms with Gasteiger partial charge in [0.15, 0.2) is 0 Å². The van der Waals surface area contributed by atoms with Crippen LogP contribution in [0.25, 0.3) is 10.9 Å². The quantitative estimate of drug-likeness (QED) is 0.804. The van der Waals surface area contributed by atoms with E-state index in [2.05, 4.69) is 9.97 Å². The van der Waals surface area contributed by atoms with Crippen molar-refractivity contribution in [3.63, 3.8) is 0 Å². The fraction of sp³-hybridized carbons (Fsp3) is 0.385. The maximum absolute atomic E-state index is 13.1. The highest BCUT2D eigenvalue weighted by atomic mass is 19.3. The summed E-state index contributed by atoms with van der Waals surface area (Å²) in [6.07, 6.45) is 1.40. The summed E-state index contributed by atoms with van der Waals surface area (Å²) in [5.74, 6) is -2.06. The van der Waals surface area contributed by atoms with E-state index in [1.807, 2.05) is 6.07 Å². The summed E-state index contributed by atoms with van der Waals surface area (Å²) in [5, 5.41) is 0.889. The van der Waals surface area contributed by atoms with Crippen molar-refractivity contribution in [2.24, 2.45) is 0 Å². The number of anilines is 2. The number of hydrogen-bond acceptors (Lipinski definition) is 4. The maximum atomic E-state index is 13.1. The van der Waals surface area contributed by atoms with E-state index >= 15 is 0 Å². The highest BCUT2D eigenvalue weighted by Crippen LogP contribution is 2.29. The molecule has 1 aromatic carbocycles. The van der Waals surface area contributed by atoms with Gasteiger partial charge in [-0.05, 0) is 18.2 Å². The van der Waals surface area contributed by atoms with Crippen LogP contribution in [-0.4, -0.2) is 29.0 Å². The third-order valence-corrected chi connectivity index (χ3v) is 3.37. The van der Waals surface area contributed by atoms with Crippen molar-refractivity contribution in [3.05, 3.63) is 24.4 Å². The lowest BCUT2D eigenvalue weighted by Gasteiger charge is -2.31. The van der Waals surface area contributed by atoms with E-state index in [1.165, 1.54) is 0 Å². The van der Waals surface area contributed by atoms with Crippen LogP contribution in [0.2, 0.25) is 0 Å². The SMILES string of the molecule is Nc1ccc2cnc(N3CCC(F)(F)CC3)nc2c1. The second-order valence-electron chi connectivity index (χ2n) is 4.83. The van der Waals surface area contributed by atoms with Crippen molar-refractivity contribution in [2.45, 2.75) is 18.8 Å². The van der Waals surface area contributed by atoms with Gasteiger partial charge in [-0.15, -0.1) is 0 Å². The highest BCUT2D eigenvalue weighted by Gasteiger charge is 2.34. The zero-order valence-corrected chi connectivity index (χ0v) is 10.3. The molecule has 2 aromatic rings. The minimum absolute atomic E-state index is 0.147. The van der Waals surface area contributed by atoms with E-state index in [0.29, 0.717) is 11.6 Å². The summed E-state index contributed by atoms with van der Waals surface area (Å²) in [5.41, 5.74) is 7.08.